The number of aliphatic imine (C=N–C) groups is 1. The zero-order chi connectivity index (χ0) is 20.5. The molecule has 0 saturated carbocycles. The van der Waals surface area contributed by atoms with Crippen molar-refractivity contribution in [1.29, 1.82) is 0 Å². The van der Waals surface area contributed by atoms with Gasteiger partial charge in [-0.15, -0.1) is 0 Å². The lowest BCUT2D eigenvalue weighted by molar-refractivity contribution is 0.156. The summed E-state index contributed by atoms with van der Waals surface area (Å²) in [7, 11) is 0. The second-order valence-electron chi connectivity index (χ2n) is 8.61. The van der Waals surface area contributed by atoms with Crippen LogP contribution in [0.3, 0.4) is 0 Å². The molecular weight excluding hydrogens is 350 g/mol. The smallest absolute Gasteiger partial charge is 0.113 e. The Morgan fingerprint density at radius 2 is 1.32 bits per heavy atom. The molecule has 0 aromatic rings. The summed E-state index contributed by atoms with van der Waals surface area (Å²) in [5.41, 5.74) is 1.94. The van der Waals surface area contributed by atoms with E-state index in [-0.39, 0.29) is 6.04 Å². The maximum Gasteiger partial charge on any atom is 0.113 e. The van der Waals surface area contributed by atoms with E-state index in [1.165, 1.54) is 96.3 Å². The predicted octanol–water partition coefficient (Wildman–Crippen LogP) is 6.10. The molecule has 0 amide bonds. The Labute approximate surface area is 173 Å². The van der Waals surface area contributed by atoms with E-state index in [0.29, 0.717) is 6.54 Å². The fourth-order valence-electron chi connectivity index (χ4n) is 3.98. The van der Waals surface area contributed by atoms with Gasteiger partial charge in [0.25, 0.3) is 0 Å². The molecule has 0 aromatic heterocycles. The van der Waals surface area contributed by atoms with Crippen LogP contribution in [0.2, 0.25) is 0 Å². The minimum absolute atomic E-state index is 0.169. The highest BCUT2D eigenvalue weighted by Gasteiger charge is 2.26. The molecule has 0 aliphatic carbocycles. The third kappa shape index (κ3) is 12.0. The average Bonchev–Trinajstić information content (AvgIpc) is 3.11. The highest BCUT2D eigenvalue weighted by atomic mass is 16.5. The fourth-order valence-corrected chi connectivity index (χ4v) is 3.98. The summed E-state index contributed by atoms with van der Waals surface area (Å²) >= 11 is 0. The van der Waals surface area contributed by atoms with Crippen molar-refractivity contribution in [2.75, 3.05) is 6.54 Å². The van der Waals surface area contributed by atoms with Gasteiger partial charge in [0.15, 0.2) is 0 Å². The second kappa shape index (κ2) is 17.2. The van der Waals surface area contributed by atoms with E-state index in [9.17, 15) is 10.3 Å². The Hall–Kier alpha value is -0.650. The molecule has 2 atom stereocenters. The molecule has 1 heterocycles. The number of rotatable bonds is 19. The molecular formula is C23H46N3O2-. The highest BCUT2D eigenvalue weighted by Crippen LogP contribution is 2.17. The molecule has 1 rings (SSSR count). The largest absolute Gasteiger partial charge is 0.770 e. The van der Waals surface area contributed by atoms with Crippen molar-refractivity contribution in [3.05, 3.63) is 5.21 Å². The van der Waals surface area contributed by atoms with Crippen LogP contribution in [0.15, 0.2) is 4.99 Å². The first-order chi connectivity index (χ1) is 13.7. The van der Waals surface area contributed by atoms with Crippen LogP contribution >= 0.6 is 0 Å². The van der Waals surface area contributed by atoms with Crippen molar-refractivity contribution in [2.45, 2.75) is 135 Å². The molecule has 5 nitrogen and oxygen atoms in total. The molecule has 1 aliphatic heterocycles. The zero-order valence-corrected chi connectivity index (χ0v) is 18.6. The molecule has 0 saturated heterocycles. The monoisotopic (exact) mass is 396 g/mol. The number of amidine groups is 1. The van der Waals surface area contributed by atoms with E-state index in [1.807, 2.05) is 5.59 Å². The van der Waals surface area contributed by atoms with E-state index in [2.05, 4.69) is 11.9 Å². The first-order valence-corrected chi connectivity index (χ1v) is 12.1. The van der Waals surface area contributed by atoms with Crippen LogP contribution in [0, 0.1) is 5.21 Å². The number of hydrazine groups is 1. The third-order valence-electron chi connectivity index (χ3n) is 5.92. The van der Waals surface area contributed by atoms with E-state index >= 15 is 0 Å². The minimum Gasteiger partial charge on any atom is -0.770 e. The Morgan fingerprint density at radius 3 is 1.71 bits per heavy atom. The summed E-state index contributed by atoms with van der Waals surface area (Å²) in [6.45, 7) is 4.49. The van der Waals surface area contributed by atoms with Gasteiger partial charge in [-0.1, -0.05) is 103 Å². The molecule has 28 heavy (non-hydrogen) atoms. The molecule has 0 radical (unpaired) electrons. The van der Waals surface area contributed by atoms with Gasteiger partial charge in [0.05, 0.1) is 18.7 Å². The molecule has 1 aliphatic rings. The summed E-state index contributed by atoms with van der Waals surface area (Å²) in [5, 5.41) is 22.2. The number of aliphatic hydroxyl groups is 1. The van der Waals surface area contributed by atoms with Crippen molar-refractivity contribution in [2.24, 2.45) is 4.99 Å². The number of unbranched alkanes of at least 4 members (excludes halogenated alkanes) is 15. The molecule has 2 unspecified atom stereocenters. The van der Waals surface area contributed by atoms with Gasteiger partial charge >= 0.3 is 0 Å². The minimum atomic E-state index is -0.501. The second-order valence-corrected chi connectivity index (χ2v) is 8.61. The zero-order valence-electron chi connectivity index (χ0n) is 18.6. The summed E-state index contributed by atoms with van der Waals surface area (Å²) in [4.78, 5) is 4.48. The third-order valence-corrected chi connectivity index (χ3v) is 5.92. The van der Waals surface area contributed by atoms with E-state index in [4.69, 9.17) is 0 Å². The first-order valence-electron chi connectivity index (χ1n) is 12.1. The standard InChI is InChI=1S/C23H46N3O2/c1-3-4-5-6-7-8-9-10-11-12-13-14-15-16-17-18-19-23-24-22(21(2)27)20-26(23)25-28/h21-22,25,27H,3-20H2,1-2H3/q-1. The fraction of sp³-hybridized carbons (Fsp3) is 0.957. The van der Waals surface area contributed by atoms with E-state index in [1.54, 1.807) is 11.9 Å². The van der Waals surface area contributed by atoms with Gasteiger partial charge in [-0.25, -0.2) is 0 Å². The molecule has 0 fully saturated rings. The molecule has 0 aromatic carbocycles. The predicted molar refractivity (Wildman–Crippen MR) is 120 cm³/mol. The van der Waals surface area contributed by atoms with Gasteiger partial charge < -0.3 is 20.9 Å². The maximum absolute atomic E-state index is 11.0. The SMILES string of the molecule is CCCCCCCCCCCCCCCCCCC1=NC(C(C)O)CN1N[O-]. The number of nitrogens with zero attached hydrogens (tertiary/aromatic N) is 2. The highest BCUT2D eigenvalue weighted by molar-refractivity contribution is 5.83. The molecule has 0 spiro atoms. The van der Waals surface area contributed by atoms with Gasteiger partial charge in [-0.3, -0.25) is 4.99 Å². The van der Waals surface area contributed by atoms with E-state index < -0.39 is 6.10 Å². The lowest BCUT2D eigenvalue weighted by atomic mass is 10.0. The van der Waals surface area contributed by atoms with Crippen molar-refractivity contribution in [1.82, 2.24) is 10.6 Å². The van der Waals surface area contributed by atoms with Crippen LogP contribution in [0.5, 0.6) is 0 Å². The Bertz CT molecular complexity index is 388. The van der Waals surface area contributed by atoms with Crippen LogP contribution in [0.1, 0.15) is 123 Å². The van der Waals surface area contributed by atoms with Gasteiger partial charge in [0, 0.05) is 6.42 Å². The number of nitrogens with one attached hydrogen (secondary N) is 1. The van der Waals surface area contributed by atoms with Gasteiger partial charge in [0.1, 0.15) is 5.84 Å². The van der Waals surface area contributed by atoms with Crippen LogP contribution in [-0.4, -0.2) is 34.6 Å². The summed E-state index contributed by atoms with van der Waals surface area (Å²) < 4.78 is 0. The van der Waals surface area contributed by atoms with Gasteiger partial charge in [0.2, 0.25) is 0 Å². The van der Waals surface area contributed by atoms with Crippen molar-refractivity contribution < 1.29 is 5.11 Å². The van der Waals surface area contributed by atoms with Crippen LogP contribution < -0.4 is 5.59 Å². The number of hydrogen-bond donors (Lipinski definition) is 2. The Morgan fingerprint density at radius 1 is 0.893 bits per heavy atom. The van der Waals surface area contributed by atoms with Crippen LogP contribution in [-0.2, 0) is 0 Å². The maximum atomic E-state index is 11.0. The van der Waals surface area contributed by atoms with Crippen molar-refractivity contribution in [3.63, 3.8) is 0 Å². The molecule has 0 bridgehead atoms. The topological polar surface area (TPSA) is 70.9 Å². The molecule has 5 heteroatoms. The first kappa shape index (κ1) is 25.4. The number of aliphatic hydroxyl groups excluding tert-OH is 1. The quantitative estimate of drug-likeness (QED) is 0.204. The lowest BCUT2D eigenvalue weighted by Gasteiger charge is -2.25. The van der Waals surface area contributed by atoms with Gasteiger partial charge in [-0.2, -0.15) is 0 Å². The van der Waals surface area contributed by atoms with Crippen LogP contribution in [0.4, 0.5) is 0 Å². The summed E-state index contributed by atoms with van der Waals surface area (Å²) in [6.07, 6.45) is 22.1. The van der Waals surface area contributed by atoms with Gasteiger partial charge in [-0.05, 0) is 13.3 Å². The van der Waals surface area contributed by atoms with Crippen molar-refractivity contribution in [3.8, 4) is 0 Å². The summed E-state index contributed by atoms with van der Waals surface area (Å²) in [5.74, 6) is 0.811. The normalized spacial score (nSPS) is 17.9. The summed E-state index contributed by atoms with van der Waals surface area (Å²) in [6, 6.07) is -0.169. The molecule has 2 N–H and O–H groups in total. The Kier molecular flexibility index (Phi) is 15.6. The lowest BCUT2D eigenvalue weighted by Crippen LogP contribution is -2.39. The van der Waals surface area contributed by atoms with E-state index in [0.717, 1.165) is 18.7 Å². The van der Waals surface area contributed by atoms with Crippen molar-refractivity contribution >= 4 is 5.84 Å². The molecule has 166 valence electrons. The Balaban J connectivity index is 1.85. The average molecular weight is 397 g/mol. The van der Waals surface area contributed by atoms with Crippen LogP contribution in [0.25, 0.3) is 0 Å². The number of hydrogen-bond acceptors (Lipinski definition) is 5.